The number of esters is 2. The fraction of sp³-hybridized carbons (Fsp3) is 0.698. The molecule has 34 heteroatoms. The fourth-order valence-corrected chi connectivity index (χ4v) is 20.7. The molecule has 718 valence electrons. The van der Waals surface area contributed by atoms with Crippen LogP contribution in [0.3, 0.4) is 0 Å². The van der Waals surface area contributed by atoms with Crippen LogP contribution in [0.1, 0.15) is 188 Å². The molecule has 5 aromatic rings. The van der Waals surface area contributed by atoms with Crippen molar-refractivity contribution in [2.45, 2.75) is 333 Å². The number of carbonyl (C=O) groups excluding carboxylic acids is 7. The van der Waals surface area contributed by atoms with Crippen LogP contribution >= 0.6 is 0 Å². The predicted octanol–water partition coefficient (Wildman–Crippen LogP) is 10.8. The smallest absolute Gasteiger partial charge is 0.410 e. The van der Waals surface area contributed by atoms with Gasteiger partial charge in [0.15, 0.2) is 35.9 Å². The average Bonchev–Trinajstić information content (AvgIpc) is 1.60. The van der Waals surface area contributed by atoms with Gasteiger partial charge in [-0.15, -0.1) is 0 Å². The van der Waals surface area contributed by atoms with Crippen LogP contribution in [0.15, 0.2) is 84.2 Å². The van der Waals surface area contributed by atoms with Crippen molar-refractivity contribution >= 4 is 52.4 Å². The molecule has 7 saturated heterocycles. The molecule has 2 amide bonds. The number of ether oxygens (including phenoxy) is 13. The number of methoxy groups -OCH3 is 2. The third kappa shape index (κ3) is 21.8. The van der Waals surface area contributed by atoms with Crippen molar-refractivity contribution in [1.29, 1.82) is 0 Å². The van der Waals surface area contributed by atoms with Crippen LogP contribution < -0.4 is 5.32 Å². The van der Waals surface area contributed by atoms with Crippen molar-refractivity contribution in [3.63, 3.8) is 0 Å². The molecular formula is C96H138FN9O24. The van der Waals surface area contributed by atoms with Gasteiger partial charge in [-0.05, 0) is 179 Å². The second-order valence-electron chi connectivity index (χ2n) is 38.6. The van der Waals surface area contributed by atoms with Gasteiger partial charge in [0.25, 0.3) is 5.67 Å². The molecule has 0 radical (unpaired) electrons. The number of Topliss-reactive ketones (excluding diaryl/α,β-unsaturated/α-hetero) is 3. The number of aliphatic hydroxyl groups excluding tert-OH is 3. The van der Waals surface area contributed by atoms with Gasteiger partial charge in [-0.1, -0.05) is 84.7 Å². The molecule has 4 N–H and O–H groups in total. The minimum atomic E-state index is -3.23. The largest absolute Gasteiger partial charge is 0.458 e. The number of ketones is 3. The Hall–Kier alpha value is -8.38. The maximum absolute atomic E-state index is 16.9. The summed E-state index contributed by atoms with van der Waals surface area (Å²) in [4.78, 5) is 118. The van der Waals surface area contributed by atoms with Gasteiger partial charge in [0, 0.05) is 129 Å². The number of pyridine rings is 2. The number of hydrogen-bond donors (Lipinski definition) is 4. The average molecular weight is 1820 g/mol. The number of hydrogen-bond acceptors (Lipinski definition) is 30. The predicted molar refractivity (Wildman–Crippen MR) is 474 cm³/mol. The summed E-state index contributed by atoms with van der Waals surface area (Å²) in [6.45, 7) is 31.0. The minimum Gasteiger partial charge on any atom is -0.458 e. The van der Waals surface area contributed by atoms with Crippen molar-refractivity contribution in [3.05, 3.63) is 85.4 Å². The second kappa shape index (κ2) is 42.0. The first-order chi connectivity index (χ1) is 61.2. The highest BCUT2D eigenvalue weighted by Crippen LogP contribution is 2.48. The first-order valence-electron chi connectivity index (χ1n) is 45.7. The van der Waals surface area contributed by atoms with Gasteiger partial charge in [-0.3, -0.25) is 29.1 Å². The maximum Gasteiger partial charge on any atom is 0.410 e. The summed E-state index contributed by atoms with van der Waals surface area (Å²) < 4.78 is 107. The van der Waals surface area contributed by atoms with Gasteiger partial charge in [-0.2, -0.15) is 0 Å². The quantitative estimate of drug-likeness (QED) is 0.0174. The summed E-state index contributed by atoms with van der Waals surface area (Å²) >= 11 is 0. The molecular weight excluding hydrogens is 1680 g/mol. The van der Waals surface area contributed by atoms with Gasteiger partial charge >= 0.3 is 24.1 Å². The summed E-state index contributed by atoms with van der Waals surface area (Å²) in [6, 6.07) is 12.6. The summed E-state index contributed by atoms with van der Waals surface area (Å²) in [5, 5.41) is 42.3. The highest BCUT2D eigenvalue weighted by Gasteiger charge is 2.63. The molecule has 33 nitrogen and oxygen atoms in total. The number of rotatable bonds is 21. The lowest BCUT2D eigenvalue weighted by molar-refractivity contribution is -0.319. The maximum atomic E-state index is 16.9. The number of fused-ring (bicyclic) bond motifs is 3. The van der Waals surface area contributed by atoms with Crippen LogP contribution in [-0.4, -0.2) is 296 Å². The lowest BCUT2D eigenvalue weighted by Crippen LogP contribution is -2.61. The molecule has 7 aliphatic heterocycles. The molecule has 0 aliphatic carbocycles. The fourth-order valence-electron chi connectivity index (χ4n) is 20.7. The molecule has 7 aliphatic rings. The van der Waals surface area contributed by atoms with Crippen molar-refractivity contribution < 1.29 is 119 Å². The SMILES string of the molecule is CC[C@H]1OC(=O)[C@@](C)(F)C(=O)[C@H](C)[C@@H](O[C@@H]2O[C@H](C)C[C@H](N(C)C)[C@H]2O)[C@](C)(OCC#Cc2cc(-c3cnc4ccccc4c3)no2)C[C@@H](C)C(=O)[C@H](C)[C@H]2NC(=O)O[C@@]21C.CC[C@H]1OC(=O)[C@H](C)C(OC2C[C@@](C)(OC)[C@@H](O)[C@H](C)O2)[C@H](C)[C@@H](O[C@@H]2O[C@H](C)C[C@H](N(C)C)[C@H]2O)[C@](C)(OC)C[C@@H](C)C(=O)[C@H](C)[C@H]2N(CCCCn3cnc(-c4cccnc4)c3)C(=O)O[C@]12C. The summed E-state index contributed by atoms with van der Waals surface area (Å²) in [5.74, 6) is -4.06. The number of para-hydroxylation sites is 1. The number of alkyl carbamates (subject to hydrolysis) is 1. The number of imidazole rings is 1. The lowest BCUT2D eigenvalue weighted by Gasteiger charge is -2.50. The van der Waals surface area contributed by atoms with Gasteiger partial charge in [-0.25, -0.2) is 23.8 Å². The third-order valence-electron chi connectivity index (χ3n) is 28.3. The number of alkyl halides is 1. The van der Waals surface area contributed by atoms with Gasteiger partial charge in [0.2, 0.25) is 5.76 Å². The van der Waals surface area contributed by atoms with E-state index in [1.165, 1.54) is 21.0 Å². The van der Waals surface area contributed by atoms with Gasteiger partial charge in [0.1, 0.15) is 54.4 Å². The molecule has 11 heterocycles. The molecule has 0 saturated carbocycles. The lowest BCUT2D eigenvalue weighted by atomic mass is 9.73. The van der Waals surface area contributed by atoms with E-state index in [-0.39, 0.29) is 68.2 Å². The van der Waals surface area contributed by atoms with E-state index in [1.807, 2.05) is 126 Å². The first-order valence-corrected chi connectivity index (χ1v) is 45.7. The Morgan fingerprint density at radius 3 is 1.86 bits per heavy atom. The van der Waals surface area contributed by atoms with E-state index in [2.05, 4.69) is 37.3 Å². The molecule has 4 aromatic heterocycles. The van der Waals surface area contributed by atoms with E-state index in [0.29, 0.717) is 44.5 Å². The van der Waals surface area contributed by atoms with Crippen LogP contribution in [0, 0.1) is 53.3 Å². The number of nitrogens with zero attached hydrogens (tertiary/aromatic N) is 8. The normalized spacial score (nSPS) is 38.6. The van der Waals surface area contributed by atoms with Crippen LogP contribution in [-0.2, 0) is 92.1 Å². The van der Waals surface area contributed by atoms with Crippen LogP contribution in [0.2, 0.25) is 0 Å². The Morgan fingerprint density at radius 2 is 1.25 bits per heavy atom. The Bertz CT molecular complexity index is 4800. The Balaban J connectivity index is 0.000000253. The number of aromatic nitrogens is 5. The topological polar surface area (TPSA) is 392 Å². The number of nitrogens with one attached hydrogen (secondary N) is 1. The monoisotopic (exact) mass is 1820 g/mol. The summed E-state index contributed by atoms with van der Waals surface area (Å²) in [7, 11) is 10.5. The number of amides is 2. The van der Waals surface area contributed by atoms with E-state index >= 15 is 9.18 Å². The molecule has 12 rings (SSSR count). The number of benzene rings is 1. The van der Waals surface area contributed by atoms with E-state index in [9.17, 15) is 44.1 Å². The second-order valence-corrected chi connectivity index (χ2v) is 38.6. The van der Waals surface area contributed by atoms with Gasteiger partial charge < -0.3 is 106 Å². The Kier molecular flexibility index (Phi) is 33.0. The molecule has 2 unspecified atom stereocenters. The number of halogens is 1. The summed E-state index contributed by atoms with van der Waals surface area (Å²) in [5.41, 5.74) is -6.41. The van der Waals surface area contributed by atoms with Crippen LogP contribution in [0.5, 0.6) is 0 Å². The van der Waals surface area contributed by atoms with E-state index in [4.69, 9.17) is 66.1 Å². The number of aliphatic hydroxyl groups is 3. The van der Waals surface area contributed by atoms with Gasteiger partial charge in [0.05, 0.1) is 89.0 Å². The Morgan fingerprint density at radius 1 is 0.638 bits per heavy atom. The first kappa shape index (κ1) is 102. The van der Waals surface area contributed by atoms with Crippen molar-refractivity contribution in [2.75, 3.05) is 55.6 Å². The summed E-state index contributed by atoms with van der Waals surface area (Å²) in [6.07, 6.45) is -3.32. The zero-order chi connectivity index (χ0) is 95.4. The van der Waals surface area contributed by atoms with Crippen molar-refractivity contribution in [3.8, 4) is 34.4 Å². The van der Waals surface area contributed by atoms with Crippen LogP contribution in [0.4, 0.5) is 14.0 Å². The van der Waals surface area contributed by atoms with Crippen molar-refractivity contribution in [1.82, 2.24) is 44.7 Å². The Labute approximate surface area is 762 Å². The zero-order valence-electron chi connectivity index (χ0n) is 79.8. The zero-order valence-corrected chi connectivity index (χ0v) is 79.8. The molecule has 7 fully saturated rings. The van der Waals surface area contributed by atoms with E-state index in [0.717, 1.165) is 34.6 Å². The number of carbonyl (C=O) groups is 7. The van der Waals surface area contributed by atoms with E-state index < -0.39 is 203 Å². The van der Waals surface area contributed by atoms with Crippen molar-refractivity contribution in [2.24, 2.45) is 41.4 Å². The standard InChI is InChI=1S/C51H81N5O13.C45H57FN4O11/c1-15-38-51(10)43(56(48(61)69-51)22-17-16-21-55-27-36(53-28-55)35-19-18-20-52-26-35)31(4)40(57)29(2)24-50(9,63-14)45(68-47-41(58)37(54(11)12)23-30(3)64-47)32(5)42(33(6)46(60)66-38)67-39-25-49(8,62-13)44(59)34(7)65-39;1-11-34-45(8)37(48-42(55)60-45)26(4)35(51)24(2)22-43(6,56-18-14-16-30-21-32(49-61-30)29-20-28-15-12-13-17-31(28)47-23-29)39(27(5)38(53)44(7,46)41(54)58-34)59-40-36(52)33(50(9)10)19-25(3)57-40/h18-20,26-34,37-39,41-45,47,58-59H,15-17,21-25H2,1-14H3;12-13,15,17,20-21,23-27,33-34,36-37,39-40,52H,11,18-19,22H2,1-10H3,(H,48,55)/t29-,30-,31+,32+,33-,34+,37+,38-,39?,41-,42?,43-,44+,45-,47+,49-,50-,51-;24-,25-,26+,27+,33+,34-,36-,37-,39-,40+,43-,44+,45-/m11/s1. The molecule has 1 aromatic carbocycles. The molecule has 130 heavy (non-hydrogen) atoms. The highest BCUT2D eigenvalue weighted by atomic mass is 19.1. The molecule has 31 atom stereocenters. The number of unbranched alkanes of at least 4 members (excludes halogenated alkanes) is 1. The minimum absolute atomic E-state index is 0.0703. The third-order valence-corrected chi connectivity index (χ3v) is 28.3. The molecule has 0 bridgehead atoms. The number of cyclic esters (lactones) is 2. The number of likely N-dealkylation sites (N-methyl/N-ethyl adjacent to an activating group) is 2. The van der Waals surface area contributed by atoms with E-state index in [1.54, 1.807) is 112 Å². The highest BCUT2D eigenvalue weighted by molar-refractivity contribution is 6.08. The molecule has 0 spiro atoms. The van der Waals surface area contributed by atoms with Crippen LogP contribution in [0.25, 0.3) is 33.4 Å². The number of aryl methyl sites for hydroxylation is 1.